The topological polar surface area (TPSA) is 24.4 Å². The van der Waals surface area contributed by atoms with Gasteiger partial charge in [-0.2, -0.15) is 0 Å². The zero-order valence-corrected chi connectivity index (χ0v) is 30.3. The molecule has 3 aliphatic carbocycles. The molecule has 0 bridgehead atoms. The molecule has 0 saturated carbocycles. The molecule has 260 valence electrons. The van der Waals surface area contributed by atoms with Gasteiger partial charge in [-0.15, -0.1) is 0 Å². The van der Waals surface area contributed by atoms with Crippen molar-refractivity contribution in [3.63, 3.8) is 0 Å². The summed E-state index contributed by atoms with van der Waals surface area (Å²) >= 11 is 0. The fraction of sp³-hybridized carbons (Fsp3) is 0.0755. The lowest BCUT2D eigenvalue weighted by Gasteiger charge is -2.50. The van der Waals surface area contributed by atoms with Gasteiger partial charge in [-0.3, -0.25) is 4.99 Å². The van der Waals surface area contributed by atoms with E-state index in [2.05, 4.69) is 218 Å². The van der Waals surface area contributed by atoms with E-state index >= 15 is 0 Å². The molecule has 11 rings (SSSR count). The minimum absolute atomic E-state index is 0.0421. The summed E-state index contributed by atoms with van der Waals surface area (Å²) in [5, 5.41) is 3.86. The molecule has 7 aromatic rings. The second-order valence-corrected chi connectivity index (χ2v) is 15.0. The van der Waals surface area contributed by atoms with E-state index in [1.165, 1.54) is 55.6 Å². The minimum Gasteiger partial charge on any atom is -0.362 e. The smallest absolute Gasteiger partial charge is 0.129 e. The molecule has 4 unspecified atom stereocenters. The first kappa shape index (κ1) is 31.7. The summed E-state index contributed by atoms with van der Waals surface area (Å²) in [6, 6.07) is 66.9. The van der Waals surface area contributed by atoms with Crippen molar-refractivity contribution in [3.05, 3.63) is 268 Å². The molecule has 0 fully saturated rings. The van der Waals surface area contributed by atoms with Crippen molar-refractivity contribution >= 4 is 11.4 Å². The highest BCUT2D eigenvalue weighted by Crippen LogP contribution is 2.66. The third kappa shape index (κ3) is 4.46. The minimum atomic E-state index is -0.622. The van der Waals surface area contributed by atoms with Gasteiger partial charge in [0.15, 0.2) is 0 Å². The van der Waals surface area contributed by atoms with Gasteiger partial charge in [0, 0.05) is 22.7 Å². The molecule has 4 atom stereocenters. The molecular weight excluding hydrogens is 665 g/mol. The Hall–Kier alpha value is -6.77. The van der Waals surface area contributed by atoms with Crippen molar-refractivity contribution in [2.24, 2.45) is 10.9 Å². The second-order valence-electron chi connectivity index (χ2n) is 15.0. The van der Waals surface area contributed by atoms with E-state index in [4.69, 9.17) is 4.99 Å². The first-order valence-corrected chi connectivity index (χ1v) is 19.3. The normalized spacial score (nSPS) is 22.5. The molecule has 0 spiro atoms. The number of nitrogens with one attached hydrogen (secondary N) is 1. The Morgan fingerprint density at radius 3 is 1.76 bits per heavy atom. The molecule has 0 radical (unpaired) electrons. The highest BCUT2D eigenvalue weighted by Gasteiger charge is 2.57. The quantitative estimate of drug-likeness (QED) is 0.190. The van der Waals surface area contributed by atoms with E-state index in [-0.39, 0.29) is 12.1 Å². The van der Waals surface area contributed by atoms with Crippen LogP contribution in [-0.2, 0) is 10.8 Å². The maximum atomic E-state index is 5.52. The molecule has 0 aromatic heterocycles. The Bertz CT molecular complexity index is 2740. The van der Waals surface area contributed by atoms with E-state index in [1.807, 2.05) is 0 Å². The number of nitrogens with zero attached hydrogens (tertiary/aromatic N) is 1. The SMILES string of the molecule is C1=CC(C2(c3ccccc3)c3ccccc3C3(c4ccccc4)c4ccccc4-c4cccc2c43)=CC(C2N=C(c3ccccc3)c3ccccc3N2)C=C1. The van der Waals surface area contributed by atoms with Crippen molar-refractivity contribution in [1.82, 2.24) is 0 Å². The summed E-state index contributed by atoms with van der Waals surface area (Å²) in [6.07, 6.45) is 11.4. The standard InChI is InChI=1S/C53H38N2/c1-4-19-36(20-5-1)50-43-28-13-17-34-48(43)54-51(55-50)37-21-10-11-26-40(35-37)52(38-22-6-2-7-23-38)45-31-15-16-32-46(45)53(39-24-8-3-9-25-39)44-30-14-12-27-41(44)42-29-18-33-47(52)49(42)53/h1-35,37,51,54H. The van der Waals surface area contributed by atoms with Crippen LogP contribution in [0.2, 0.25) is 0 Å². The maximum Gasteiger partial charge on any atom is 0.129 e. The van der Waals surface area contributed by atoms with Gasteiger partial charge in [0.2, 0.25) is 0 Å². The zero-order chi connectivity index (χ0) is 36.4. The lowest BCUT2D eigenvalue weighted by Crippen LogP contribution is -2.44. The molecule has 1 N–H and O–H groups in total. The number of hydrogen-bond acceptors (Lipinski definition) is 2. The monoisotopic (exact) mass is 702 g/mol. The van der Waals surface area contributed by atoms with Crippen LogP contribution in [0.15, 0.2) is 223 Å². The van der Waals surface area contributed by atoms with Crippen LogP contribution >= 0.6 is 0 Å². The largest absolute Gasteiger partial charge is 0.362 e. The zero-order valence-electron chi connectivity index (χ0n) is 30.3. The predicted molar refractivity (Wildman–Crippen MR) is 226 cm³/mol. The molecule has 0 amide bonds. The number of fused-ring (bicyclic) bond motifs is 6. The van der Waals surface area contributed by atoms with Crippen molar-refractivity contribution in [2.75, 3.05) is 5.32 Å². The number of para-hydroxylation sites is 1. The van der Waals surface area contributed by atoms with Gasteiger partial charge in [0.25, 0.3) is 0 Å². The number of allylic oxidation sites excluding steroid dienone is 4. The van der Waals surface area contributed by atoms with Crippen LogP contribution in [-0.4, -0.2) is 11.9 Å². The number of anilines is 1. The molecule has 0 saturated heterocycles. The van der Waals surface area contributed by atoms with E-state index < -0.39 is 10.8 Å². The average Bonchev–Trinajstić information content (AvgIpc) is 3.36. The Morgan fingerprint density at radius 1 is 0.455 bits per heavy atom. The molecule has 4 aliphatic rings. The van der Waals surface area contributed by atoms with Crippen LogP contribution in [0, 0.1) is 5.92 Å². The Morgan fingerprint density at radius 2 is 1.02 bits per heavy atom. The molecule has 2 nitrogen and oxygen atoms in total. The van der Waals surface area contributed by atoms with Crippen LogP contribution in [0.1, 0.15) is 50.1 Å². The summed E-state index contributed by atoms with van der Waals surface area (Å²) < 4.78 is 0. The number of aliphatic imine (C=N–C) groups is 1. The van der Waals surface area contributed by atoms with E-state index in [9.17, 15) is 0 Å². The summed E-state index contributed by atoms with van der Waals surface area (Å²) in [7, 11) is 0. The van der Waals surface area contributed by atoms with Gasteiger partial charge >= 0.3 is 0 Å². The third-order valence-electron chi connectivity index (χ3n) is 12.3. The Balaban J connectivity index is 1.21. The summed E-state index contributed by atoms with van der Waals surface area (Å²) in [5.41, 5.74) is 16.3. The summed E-state index contributed by atoms with van der Waals surface area (Å²) in [4.78, 5) is 5.52. The highest BCUT2D eigenvalue weighted by molar-refractivity contribution is 6.17. The van der Waals surface area contributed by atoms with Gasteiger partial charge < -0.3 is 5.32 Å². The van der Waals surface area contributed by atoms with Crippen molar-refractivity contribution in [3.8, 4) is 11.1 Å². The fourth-order valence-electron chi connectivity index (χ4n) is 10.2. The molecule has 55 heavy (non-hydrogen) atoms. The maximum absolute atomic E-state index is 5.52. The lowest BCUT2D eigenvalue weighted by atomic mass is 9.51. The highest BCUT2D eigenvalue weighted by atomic mass is 15.1. The van der Waals surface area contributed by atoms with Crippen molar-refractivity contribution < 1.29 is 0 Å². The van der Waals surface area contributed by atoms with Crippen molar-refractivity contribution in [1.29, 1.82) is 0 Å². The summed E-state index contributed by atoms with van der Waals surface area (Å²) in [5.74, 6) is -0.0421. The molecule has 1 heterocycles. The van der Waals surface area contributed by atoms with Gasteiger partial charge in [-0.25, -0.2) is 0 Å². The van der Waals surface area contributed by atoms with Crippen LogP contribution in [0.25, 0.3) is 11.1 Å². The average molecular weight is 703 g/mol. The van der Waals surface area contributed by atoms with E-state index in [0.717, 1.165) is 22.5 Å². The van der Waals surface area contributed by atoms with E-state index in [1.54, 1.807) is 0 Å². The molecule has 2 heteroatoms. The number of rotatable bonds is 5. The number of benzene rings is 7. The molecular formula is C53H38N2. The summed E-state index contributed by atoms with van der Waals surface area (Å²) in [6.45, 7) is 0. The first-order chi connectivity index (χ1) is 27.3. The van der Waals surface area contributed by atoms with E-state index in [0.29, 0.717) is 0 Å². The predicted octanol–water partition coefficient (Wildman–Crippen LogP) is 11.7. The lowest BCUT2D eigenvalue weighted by molar-refractivity contribution is 0.606. The van der Waals surface area contributed by atoms with Gasteiger partial charge in [0.05, 0.1) is 16.5 Å². The third-order valence-corrected chi connectivity index (χ3v) is 12.3. The van der Waals surface area contributed by atoms with Gasteiger partial charge in [-0.05, 0) is 61.7 Å². The molecule has 7 aromatic carbocycles. The Kier molecular flexibility index (Phi) is 7.15. The second kappa shape index (κ2) is 12.4. The van der Waals surface area contributed by atoms with Crippen molar-refractivity contribution in [2.45, 2.75) is 17.0 Å². The van der Waals surface area contributed by atoms with Crippen LogP contribution < -0.4 is 5.32 Å². The number of hydrogen-bond donors (Lipinski definition) is 1. The first-order valence-electron chi connectivity index (χ1n) is 19.3. The van der Waals surface area contributed by atoms with Crippen LogP contribution in [0.4, 0.5) is 5.69 Å². The van der Waals surface area contributed by atoms with Gasteiger partial charge in [0.1, 0.15) is 6.17 Å². The van der Waals surface area contributed by atoms with Crippen LogP contribution in [0.5, 0.6) is 0 Å². The van der Waals surface area contributed by atoms with Gasteiger partial charge in [-0.1, -0.05) is 206 Å². The van der Waals surface area contributed by atoms with Crippen LogP contribution in [0.3, 0.4) is 0 Å². The fourth-order valence-corrected chi connectivity index (χ4v) is 10.2. The Labute approximate surface area is 322 Å². The molecule has 1 aliphatic heterocycles.